The number of nitrogens with zero attached hydrogens (tertiary/aromatic N) is 4. The maximum atomic E-state index is 14.1. The lowest BCUT2D eigenvalue weighted by atomic mass is 10.1. The van der Waals surface area contributed by atoms with Crippen LogP contribution < -0.4 is 35.6 Å². The van der Waals surface area contributed by atoms with Crippen LogP contribution in [0.25, 0.3) is 0 Å². The van der Waals surface area contributed by atoms with Gasteiger partial charge in [0.15, 0.2) is 0 Å². The lowest BCUT2D eigenvalue weighted by molar-refractivity contribution is -0.137. The van der Waals surface area contributed by atoms with Crippen LogP contribution in [-0.2, 0) is 20.8 Å². The molecule has 3 aromatic rings. The summed E-state index contributed by atoms with van der Waals surface area (Å²) >= 11 is 0. The fraction of sp³-hybridized carbons (Fsp3) is 0.367. The van der Waals surface area contributed by atoms with Gasteiger partial charge in [-0.25, -0.2) is 13.4 Å². The molecule has 0 spiro atoms. The first-order valence-electron chi connectivity index (χ1n) is 14.1. The van der Waals surface area contributed by atoms with E-state index in [9.17, 15) is 26.4 Å². The Morgan fingerprint density at radius 1 is 1.00 bits per heavy atom. The fourth-order valence-electron chi connectivity index (χ4n) is 4.18. The zero-order valence-corrected chi connectivity index (χ0v) is 27.8. The topological polar surface area (TPSA) is 150 Å². The number of halogens is 3. The number of ether oxygens (including phenoxy) is 2. The molecule has 0 fully saturated rings. The van der Waals surface area contributed by atoms with Gasteiger partial charge in [-0.15, -0.1) is 0 Å². The summed E-state index contributed by atoms with van der Waals surface area (Å²) < 4.78 is 76.2. The number of amides is 1. The van der Waals surface area contributed by atoms with E-state index in [-0.39, 0.29) is 29.7 Å². The number of anilines is 7. The number of likely N-dealkylation sites (N-methyl/N-ethyl adjacent to an activating group) is 2. The van der Waals surface area contributed by atoms with Crippen LogP contribution in [0, 0.1) is 0 Å². The molecule has 4 N–H and O–H groups in total. The fourth-order valence-corrected chi connectivity index (χ4v) is 4.66. The Bertz CT molecular complexity index is 1690. The molecule has 47 heavy (non-hydrogen) atoms. The Kier molecular flexibility index (Phi) is 12.2. The average molecular weight is 681 g/mol. The Balaban J connectivity index is 2.01. The molecular weight excluding hydrogens is 641 g/mol. The number of hydrogen-bond donors (Lipinski definition) is 4. The molecule has 0 bridgehead atoms. The monoisotopic (exact) mass is 680 g/mol. The van der Waals surface area contributed by atoms with E-state index in [4.69, 9.17) is 9.47 Å². The Labute approximate surface area is 272 Å². The zero-order valence-electron chi connectivity index (χ0n) is 26.9. The van der Waals surface area contributed by atoms with Gasteiger partial charge in [-0.05, 0) is 38.4 Å². The number of nitrogens with one attached hydrogen (secondary N) is 4. The molecule has 0 aliphatic carbocycles. The lowest BCUT2D eigenvalue weighted by Gasteiger charge is -2.26. The minimum Gasteiger partial charge on any atom is -0.494 e. The number of alkyl halides is 3. The largest absolute Gasteiger partial charge is 0.494 e. The first-order chi connectivity index (χ1) is 22.0. The molecule has 0 saturated heterocycles. The van der Waals surface area contributed by atoms with Crippen molar-refractivity contribution in [3.8, 4) is 11.5 Å². The van der Waals surface area contributed by atoms with Crippen LogP contribution in [0.3, 0.4) is 0 Å². The zero-order chi connectivity index (χ0) is 34.9. The van der Waals surface area contributed by atoms with E-state index in [1.165, 1.54) is 20.3 Å². The van der Waals surface area contributed by atoms with Crippen molar-refractivity contribution in [3.63, 3.8) is 0 Å². The van der Waals surface area contributed by atoms with Gasteiger partial charge in [0, 0.05) is 57.0 Å². The Hall–Kier alpha value is -4.77. The predicted octanol–water partition coefficient (Wildman–Crippen LogP) is 4.58. The molecule has 13 nitrogen and oxygen atoms in total. The number of carbonyl (C=O) groups excluding carboxylic acids is 1. The molecule has 0 unspecified atom stereocenters. The van der Waals surface area contributed by atoms with E-state index in [2.05, 4.69) is 37.8 Å². The molecule has 1 heterocycles. The molecule has 17 heteroatoms. The first-order valence-corrected chi connectivity index (χ1v) is 16.2. The summed E-state index contributed by atoms with van der Waals surface area (Å²) in [7, 11) is 5.24. The normalized spacial score (nSPS) is 11.5. The quantitative estimate of drug-likeness (QED) is 0.157. The van der Waals surface area contributed by atoms with E-state index in [1.54, 1.807) is 24.3 Å². The SMILES string of the molecule is C=CC(=O)Nc1cc(Nc2nc(Nc3ccc(NCCS(C)(=O)=O)cc3OC)ncc2C(F)(F)F)c(OC)cc1N(C)CCN(C)C. The molecule has 0 aliphatic rings. The molecule has 0 aliphatic heterocycles. The third-order valence-corrected chi connectivity index (χ3v) is 7.60. The van der Waals surface area contributed by atoms with Gasteiger partial charge in [0.2, 0.25) is 11.9 Å². The van der Waals surface area contributed by atoms with Gasteiger partial charge in [-0.3, -0.25) is 4.79 Å². The van der Waals surface area contributed by atoms with Crippen LogP contribution in [-0.4, -0.2) is 96.2 Å². The summed E-state index contributed by atoms with van der Waals surface area (Å²) in [5, 5.41) is 11.3. The molecule has 3 rings (SSSR count). The number of carbonyl (C=O) groups is 1. The van der Waals surface area contributed by atoms with Crippen LogP contribution in [0.1, 0.15) is 5.56 Å². The maximum absolute atomic E-state index is 14.1. The van der Waals surface area contributed by atoms with E-state index in [1.807, 2.05) is 30.9 Å². The number of aromatic nitrogens is 2. The van der Waals surface area contributed by atoms with Gasteiger partial charge >= 0.3 is 6.18 Å². The van der Waals surface area contributed by atoms with Crippen LogP contribution in [0.2, 0.25) is 0 Å². The summed E-state index contributed by atoms with van der Waals surface area (Å²) in [6, 6.07) is 7.86. The minimum atomic E-state index is -4.82. The predicted molar refractivity (Wildman–Crippen MR) is 178 cm³/mol. The molecule has 0 radical (unpaired) electrons. The molecule has 0 atom stereocenters. The number of rotatable bonds is 16. The van der Waals surface area contributed by atoms with Crippen molar-refractivity contribution in [2.24, 2.45) is 0 Å². The van der Waals surface area contributed by atoms with E-state index in [0.717, 1.165) is 12.3 Å². The third kappa shape index (κ3) is 10.6. The van der Waals surface area contributed by atoms with E-state index in [0.29, 0.717) is 47.8 Å². The summed E-state index contributed by atoms with van der Waals surface area (Å²) in [6.07, 6.45) is -1.97. The number of sulfone groups is 1. The van der Waals surface area contributed by atoms with Crippen molar-refractivity contribution in [2.45, 2.75) is 6.18 Å². The highest BCUT2D eigenvalue weighted by Crippen LogP contribution is 2.41. The summed E-state index contributed by atoms with van der Waals surface area (Å²) in [5.41, 5.74) is 0.709. The van der Waals surface area contributed by atoms with Crippen molar-refractivity contribution < 1.29 is 35.9 Å². The van der Waals surface area contributed by atoms with Gasteiger partial charge in [0.25, 0.3) is 0 Å². The second-order valence-electron chi connectivity index (χ2n) is 10.7. The highest BCUT2D eigenvalue weighted by Gasteiger charge is 2.36. The number of hydrogen-bond acceptors (Lipinski definition) is 12. The highest BCUT2D eigenvalue weighted by atomic mass is 32.2. The molecule has 0 saturated carbocycles. The van der Waals surface area contributed by atoms with Crippen molar-refractivity contribution in [3.05, 3.63) is 54.7 Å². The molecule has 256 valence electrons. The summed E-state index contributed by atoms with van der Waals surface area (Å²) in [6.45, 7) is 4.91. The Morgan fingerprint density at radius 2 is 1.68 bits per heavy atom. The van der Waals surface area contributed by atoms with Crippen molar-refractivity contribution in [1.29, 1.82) is 0 Å². The molecule has 2 aromatic carbocycles. The van der Waals surface area contributed by atoms with Crippen molar-refractivity contribution >= 4 is 55.9 Å². The standard InChI is InChI=1S/C30H39F3N8O5S/c1-8-27(42)36-22-16-23(26(46-6)17-24(22)41(4)13-12-40(2)3)37-28-20(30(31,32)33)18-35-29(39-28)38-21-10-9-19(15-25(21)45-5)34-11-14-47(7,43)44/h8-10,15-18,34H,1,11-14H2,2-7H3,(H,36,42)(H2,35,37,38,39). The second-order valence-corrected chi connectivity index (χ2v) is 12.9. The molecule has 1 amide bonds. The molecule has 1 aromatic heterocycles. The van der Waals surface area contributed by atoms with Crippen LogP contribution in [0.5, 0.6) is 11.5 Å². The number of methoxy groups -OCH3 is 2. The highest BCUT2D eigenvalue weighted by molar-refractivity contribution is 7.90. The minimum absolute atomic E-state index is 0.0761. The van der Waals surface area contributed by atoms with Crippen molar-refractivity contribution in [1.82, 2.24) is 14.9 Å². The summed E-state index contributed by atoms with van der Waals surface area (Å²) in [4.78, 5) is 24.1. The number of benzene rings is 2. The van der Waals surface area contributed by atoms with E-state index >= 15 is 0 Å². The van der Waals surface area contributed by atoms with E-state index < -0.39 is 33.3 Å². The van der Waals surface area contributed by atoms with Crippen LogP contribution in [0.15, 0.2) is 49.2 Å². The van der Waals surface area contributed by atoms with Gasteiger partial charge in [0.05, 0.1) is 42.7 Å². The Morgan fingerprint density at radius 3 is 2.28 bits per heavy atom. The maximum Gasteiger partial charge on any atom is 0.421 e. The van der Waals surface area contributed by atoms with Gasteiger partial charge < -0.3 is 40.5 Å². The third-order valence-electron chi connectivity index (χ3n) is 6.65. The summed E-state index contributed by atoms with van der Waals surface area (Å²) in [5.74, 6) is -0.871. The lowest BCUT2D eigenvalue weighted by Crippen LogP contribution is -2.29. The van der Waals surface area contributed by atoms with Gasteiger partial charge in [-0.2, -0.15) is 18.2 Å². The first kappa shape index (κ1) is 36.7. The van der Waals surface area contributed by atoms with Crippen LogP contribution >= 0.6 is 0 Å². The van der Waals surface area contributed by atoms with Gasteiger partial charge in [-0.1, -0.05) is 6.58 Å². The van der Waals surface area contributed by atoms with Crippen molar-refractivity contribution in [2.75, 3.05) is 93.2 Å². The smallest absolute Gasteiger partial charge is 0.421 e. The second kappa shape index (κ2) is 15.7. The van der Waals surface area contributed by atoms with Crippen LogP contribution in [0.4, 0.5) is 53.4 Å². The molecular formula is C30H39F3N8O5S. The average Bonchev–Trinajstić information content (AvgIpc) is 2.99. The van der Waals surface area contributed by atoms with Gasteiger partial charge in [0.1, 0.15) is 32.7 Å².